The molecule has 0 spiro atoms. The van der Waals surface area contributed by atoms with Crippen LogP contribution in [-0.4, -0.2) is 0 Å². The number of hydrogen-bond acceptors (Lipinski definition) is 0. The smallest absolute Gasteiger partial charge is 0.0590 e. The van der Waals surface area contributed by atoms with Crippen LogP contribution in [0, 0.1) is 6.92 Å². The maximum absolute atomic E-state index is 3.80. The van der Waals surface area contributed by atoms with E-state index in [2.05, 4.69) is 78.3 Å². The predicted molar refractivity (Wildman–Crippen MR) is 95.9 cm³/mol. The molecule has 0 fully saturated rings. The lowest BCUT2D eigenvalue weighted by molar-refractivity contribution is 0.796. The fourth-order valence-electron chi connectivity index (χ4n) is 3.15. The zero-order chi connectivity index (χ0) is 14.8. The summed E-state index contributed by atoms with van der Waals surface area (Å²) in [4.78, 5) is 0.335. The summed E-state index contributed by atoms with van der Waals surface area (Å²) in [5.74, 6) is 0. The molecule has 0 amide bonds. The molecule has 0 radical (unpaired) electrons. The Morgan fingerprint density at radius 3 is 2.71 bits per heavy atom. The lowest BCUT2D eigenvalue weighted by Gasteiger charge is -2.16. The van der Waals surface area contributed by atoms with E-state index in [-0.39, 0.29) is 0 Å². The van der Waals surface area contributed by atoms with Crippen molar-refractivity contribution in [2.45, 2.75) is 37.9 Å². The Labute approximate surface area is 136 Å². The van der Waals surface area contributed by atoms with Crippen LogP contribution >= 0.6 is 15.9 Å². The fourth-order valence-corrected chi connectivity index (χ4v) is 3.81. The third-order valence-corrected chi connectivity index (χ3v) is 4.95. The molecule has 1 aliphatic rings. The van der Waals surface area contributed by atoms with Gasteiger partial charge in [-0.2, -0.15) is 0 Å². The van der Waals surface area contributed by atoms with E-state index in [1.54, 1.807) is 0 Å². The summed E-state index contributed by atoms with van der Waals surface area (Å²) in [5.41, 5.74) is 8.38. The van der Waals surface area contributed by atoms with E-state index in [9.17, 15) is 0 Å². The summed E-state index contributed by atoms with van der Waals surface area (Å²) in [6.07, 6.45) is 8.13. The summed E-state index contributed by atoms with van der Waals surface area (Å²) >= 11 is 3.80. The number of fused-ring (bicyclic) bond motifs is 1. The van der Waals surface area contributed by atoms with Gasteiger partial charge in [0, 0.05) is 0 Å². The summed E-state index contributed by atoms with van der Waals surface area (Å²) in [7, 11) is 0. The molecule has 108 valence electrons. The minimum Gasteiger partial charge on any atom is -0.0792 e. The standard InChI is InChI=1S/C20H21Br/c1-3-4-7-15-8-5-6-9-17(15)18-13-14(2)12-16-10-11-19(21)20(16)18/h5-6,8-13,19H,3-4,7H2,1-2H3. The van der Waals surface area contributed by atoms with E-state index in [1.165, 1.54) is 46.2 Å². The number of benzene rings is 2. The molecule has 3 rings (SSSR count). The van der Waals surface area contributed by atoms with Gasteiger partial charge in [0.15, 0.2) is 0 Å². The maximum Gasteiger partial charge on any atom is 0.0590 e. The van der Waals surface area contributed by atoms with Gasteiger partial charge in [0.2, 0.25) is 0 Å². The van der Waals surface area contributed by atoms with E-state index in [1.807, 2.05) is 0 Å². The van der Waals surface area contributed by atoms with Gasteiger partial charge in [0.1, 0.15) is 0 Å². The summed E-state index contributed by atoms with van der Waals surface area (Å²) < 4.78 is 0. The molecule has 1 aliphatic carbocycles. The molecule has 2 aromatic rings. The van der Waals surface area contributed by atoms with Crippen LogP contribution in [0.2, 0.25) is 0 Å². The van der Waals surface area contributed by atoms with Crippen LogP contribution in [0.25, 0.3) is 17.2 Å². The number of aryl methyl sites for hydroxylation is 2. The van der Waals surface area contributed by atoms with Crippen LogP contribution in [0.1, 0.15) is 46.8 Å². The maximum atomic E-state index is 3.80. The number of hydrogen-bond donors (Lipinski definition) is 0. The SMILES string of the molecule is CCCCc1ccccc1-c1cc(C)cc2c1C(Br)C=C2. The molecule has 21 heavy (non-hydrogen) atoms. The Balaban J connectivity index is 2.14. The monoisotopic (exact) mass is 340 g/mol. The van der Waals surface area contributed by atoms with Gasteiger partial charge in [-0.1, -0.05) is 77.8 Å². The van der Waals surface area contributed by atoms with Crippen LogP contribution in [0.5, 0.6) is 0 Å². The number of halogens is 1. The Kier molecular flexibility index (Phi) is 4.30. The van der Waals surface area contributed by atoms with Gasteiger partial charge < -0.3 is 0 Å². The van der Waals surface area contributed by atoms with Crippen molar-refractivity contribution >= 4 is 22.0 Å². The average molecular weight is 341 g/mol. The first-order valence-corrected chi connectivity index (χ1v) is 8.67. The minimum atomic E-state index is 0.335. The Morgan fingerprint density at radius 1 is 1.10 bits per heavy atom. The van der Waals surface area contributed by atoms with Gasteiger partial charge in [0.25, 0.3) is 0 Å². The highest BCUT2D eigenvalue weighted by Crippen LogP contribution is 2.42. The topological polar surface area (TPSA) is 0 Å². The molecule has 1 unspecified atom stereocenters. The van der Waals surface area contributed by atoms with Crippen molar-refractivity contribution in [2.75, 3.05) is 0 Å². The zero-order valence-corrected chi connectivity index (χ0v) is 14.3. The summed E-state index contributed by atoms with van der Waals surface area (Å²) in [6, 6.07) is 13.5. The number of allylic oxidation sites excluding steroid dienone is 1. The first-order valence-electron chi connectivity index (χ1n) is 7.75. The van der Waals surface area contributed by atoms with Gasteiger partial charge in [-0.3, -0.25) is 0 Å². The van der Waals surface area contributed by atoms with E-state index in [0.717, 1.165) is 6.42 Å². The Hall–Kier alpha value is -1.34. The van der Waals surface area contributed by atoms with E-state index >= 15 is 0 Å². The highest BCUT2D eigenvalue weighted by molar-refractivity contribution is 9.09. The second-order valence-corrected chi connectivity index (χ2v) is 6.82. The average Bonchev–Trinajstić information content (AvgIpc) is 2.86. The molecule has 0 N–H and O–H groups in total. The van der Waals surface area contributed by atoms with Crippen molar-refractivity contribution in [3.63, 3.8) is 0 Å². The molecule has 0 heterocycles. The third kappa shape index (κ3) is 2.85. The van der Waals surface area contributed by atoms with Crippen molar-refractivity contribution in [1.82, 2.24) is 0 Å². The van der Waals surface area contributed by atoms with Gasteiger partial charge in [0.05, 0.1) is 4.83 Å². The Bertz CT molecular complexity index is 682. The van der Waals surface area contributed by atoms with Crippen molar-refractivity contribution < 1.29 is 0 Å². The molecule has 1 atom stereocenters. The predicted octanol–water partition coefficient (Wildman–Crippen LogP) is 6.47. The van der Waals surface area contributed by atoms with E-state index in [4.69, 9.17) is 0 Å². The minimum absolute atomic E-state index is 0.335. The fraction of sp³-hybridized carbons (Fsp3) is 0.300. The molecule has 0 nitrogen and oxygen atoms in total. The van der Waals surface area contributed by atoms with Gasteiger partial charge >= 0.3 is 0 Å². The lowest BCUT2D eigenvalue weighted by atomic mass is 9.90. The third-order valence-electron chi connectivity index (χ3n) is 4.18. The highest BCUT2D eigenvalue weighted by atomic mass is 79.9. The van der Waals surface area contributed by atoms with Crippen LogP contribution in [0.15, 0.2) is 42.5 Å². The summed E-state index contributed by atoms with van der Waals surface area (Å²) in [6.45, 7) is 4.44. The lowest BCUT2D eigenvalue weighted by Crippen LogP contribution is -1.96. The molecular weight excluding hydrogens is 320 g/mol. The van der Waals surface area contributed by atoms with E-state index in [0.29, 0.717) is 4.83 Å². The number of unbranched alkanes of at least 4 members (excludes halogenated alkanes) is 1. The molecule has 0 bridgehead atoms. The molecule has 0 saturated heterocycles. The molecule has 2 aromatic carbocycles. The molecular formula is C20H21Br. The molecule has 0 aliphatic heterocycles. The van der Waals surface area contributed by atoms with Crippen molar-refractivity contribution in [2.24, 2.45) is 0 Å². The van der Waals surface area contributed by atoms with Crippen LogP contribution < -0.4 is 0 Å². The summed E-state index contributed by atoms with van der Waals surface area (Å²) in [5, 5.41) is 0. The second-order valence-electron chi connectivity index (χ2n) is 5.84. The zero-order valence-electron chi connectivity index (χ0n) is 12.7. The quantitative estimate of drug-likeness (QED) is 0.559. The molecule has 0 saturated carbocycles. The first-order chi connectivity index (χ1) is 10.2. The van der Waals surface area contributed by atoms with Gasteiger partial charge in [-0.25, -0.2) is 0 Å². The van der Waals surface area contributed by atoms with E-state index < -0.39 is 0 Å². The molecule has 0 aromatic heterocycles. The van der Waals surface area contributed by atoms with Gasteiger partial charge in [-0.05, 0) is 53.1 Å². The van der Waals surface area contributed by atoms with Crippen LogP contribution in [0.3, 0.4) is 0 Å². The normalized spacial score (nSPS) is 16.2. The second kappa shape index (κ2) is 6.19. The van der Waals surface area contributed by atoms with Crippen LogP contribution in [0.4, 0.5) is 0 Å². The van der Waals surface area contributed by atoms with Crippen molar-refractivity contribution in [3.8, 4) is 11.1 Å². The number of alkyl halides is 1. The number of rotatable bonds is 4. The first kappa shape index (κ1) is 14.6. The van der Waals surface area contributed by atoms with Gasteiger partial charge in [-0.15, -0.1) is 0 Å². The Morgan fingerprint density at radius 2 is 1.90 bits per heavy atom. The molecule has 1 heteroatoms. The van der Waals surface area contributed by atoms with Crippen molar-refractivity contribution in [1.29, 1.82) is 0 Å². The van der Waals surface area contributed by atoms with Crippen LogP contribution in [-0.2, 0) is 6.42 Å². The largest absolute Gasteiger partial charge is 0.0792 e. The van der Waals surface area contributed by atoms with Crippen molar-refractivity contribution in [3.05, 3.63) is 64.7 Å². The highest BCUT2D eigenvalue weighted by Gasteiger charge is 2.21.